The van der Waals surface area contributed by atoms with Crippen molar-refractivity contribution in [3.05, 3.63) is 83.4 Å². The van der Waals surface area contributed by atoms with Gasteiger partial charge in [0, 0.05) is 19.2 Å². The molecule has 226 valence electrons. The van der Waals surface area contributed by atoms with Gasteiger partial charge in [0.2, 0.25) is 11.8 Å². The van der Waals surface area contributed by atoms with E-state index in [4.69, 9.17) is 9.47 Å². The topological polar surface area (TPSA) is 105 Å². The molecule has 0 aliphatic heterocycles. The van der Waals surface area contributed by atoms with Crippen LogP contribution in [-0.2, 0) is 26.2 Å². The van der Waals surface area contributed by atoms with Crippen LogP contribution in [0.4, 0.5) is 5.69 Å². The highest BCUT2D eigenvalue weighted by Gasteiger charge is 2.34. The minimum atomic E-state index is -4.26. The summed E-state index contributed by atoms with van der Waals surface area (Å²) in [4.78, 5) is 28.8. The molecule has 1 atom stereocenters. The summed E-state index contributed by atoms with van der Waals surface area (Å²) < 4.78 is 40.2. The second-order valence-corrected chi connectivity index (χ2v) is 12.0. The van der Waals surface area contributed by atoms with Crippen LogP contribution in [-0.4, -0.2) is 58.5 Å². The van der Waals surface area contributed by atoms with Gasteiger partial charge in [-0.25, -0.2) is 8.42 Å². The van der Waals surface area contributed by atoms with Gasteiger partial charge in [-0.1, -0.05) is 50.2 Å². The van der Waals surface area contributed by atoms with Crippen molar-refractivity contribution >= 4 is 27.5 Å². The maximum atomic E-state index is 14.2. The van der Waals surface area contributed by atoms with Crippen LogP contribution < -0.4 is 19.1 Å². The van der Waals surface area contributed by atoms with E-state index in [0.717, 1.165) is 27.4 Å². The van der Waals surface area contributed by atoms with E-state index in [1.807, 2.05) is 64.1 Å². The second-order valence-electron chi connectivity index (χ2n) is 10.1. The quantitative estimate of drug-likeness (QED) is 0.286. The van der Waals surface area contributed by atoms with Crippen LogP contribution in [0.5, 0.6) is 11.5 Å². The Bertz CT molecular complexity index is 1460. The van der Waals surface area contributed by atoms with E-state index in [2.05, 4.69) is 5.32 Å². The molecule has 0 aliphatic rings. The van der Waals surface area contributed by atoms with Gasteiger partial charge in [0.1, 0.15) is 12.6 Å². The molecule has 10 heteroatoms. The van der Waals surface area contributed by atoms with Gasteiger partial charge in [-0.05, 0) is 67.6 Å². The Morgan fingerprint density at radius 3 is 2.10 bits per heavy atom. The van der Waals surface area contributed by atoms with Crippen molar-refractivity contribution in [3.63, 3.8) is 0 Å². The number of methoxy groups -OCH3 is 2. The standard InChI is InChI=1S/C32H41N3O6S/c1-7-16-33-32(37)28(8-2)34(21-25-12-10-9-11-13-25)31(36)22-35(26-18-23(3)17-24(4)19-26)42(38,39)27-14-15-29(40-5)30(20-27)41-6/h9-15,17-20,28H,7-8,16,21-22H2,1-6H3,(H,33,37)/t28-/m0/s1. The van der Waals surface area contributed by atoms with Gasteiger partial charge >= 0.3 is 0 Å². The molecule has 0 saturated carbocycles. The van der Waals surface area contributed by atoms with Gasteiger partial charge < -0.3 is 19.7 Å². The number of benzene rings is 3. The predicted octanol–water partition coefficient (Wildman–Crippen LogP) is 4.85. The molecule has 0 fully saturated rings. The summed E-state index contributed by atoms with van der Waals surface area (Å²) in [6, 6.07) is 18.3. The van der Waals surface area contributed by atoms with Gasteiger partial charge in [0.15, 0.2) is 11.5 Å². The molecule has 0 saturated heterocycles. The van der Waals surface area contributed by atoms with Crippen LogP contribution in [0.15, 0.2) is 71.6 Å². The zero-order valence-corrected chi connectivity index (χ0v) is 26.0. The number of nitrogens with one attached hydrogen (secondary N) is 1. The van der Waals surface area contributed by atoms with Gasteiger partial charge in [-0.2, -0.15) is 0 Å². The molecule has 2 amide bonds. The fourth-order valence-electron chi connectivity index (χ4n) is 4.79. The van der Waals surface area contributed by atoms with E-state index >= 15 is 0 Å². The van der Waals surface area contributed by atoms with E-state index in [1.54, 1.807) is 12.1 Å². The van der Waals surface area contributed by atoms with Crippen LogP contribution in [0.25, 0.3) is 0 Å². The number of anilines is 1. The molecule has 0 bridgehead atoms. The van der Waals surface area contributed by atoms with Gasteiger partial charge in [-0.15, -0.1) is 0 Å². The normalized spacial score (nSPS) is 11.9. The zero-order valence-electron chi connectivity index (χ0n) is 25.2. The van der Waals surface area contributed by atoms with E-state index in [9.17, 15) is 18.0 Å². The highest BCUT2D eigenvalue weighted by atomic mass is 32.2. The highest BCUT2D eigenvalue weighted by molar-refractivity contribution is 7.92. The third-order valence-corrected chi connectivity index (χ3v) is 8.62. The smallest absolute Gasteiger partial charge is 0.264 e. The first kappa shape index (κ1) is 32.5. The lowest BCUT2D eigenvalue weighted by Crippen LogP contribution is -2.52. The number of hydrogen-bond donors (Lipinski definition) is 1. The summed E-state index contributed by atoms with van der Waals surface area (Å²) in [5, 5.41) is 2.89. The number of sulfonamides is 1. The average Bonchev–Trinajstić information content (AvgIpc) is 2.97. The van der Waals surface area contributed by atoms with E-state index in [0.29, 0.717) is 24.4 Å². The first-order valence-corrected chi connectivity index (χ1v) is 15.4. The van der Waals surface area contributed by atoms with Crippen molar-refractivity contribution in [2.75, 3.05) is 31.6 Å². The summed E-state index contributed by atoms with van der Waals surface area (Å²) in [7, 11) is -1.37. The summed E-state index contributed by atoms with van der Waals surface area (Å²) in [5.41, 5.74) is 2.86. The second kappa shape index (κ2) is 14.7. The number of carbonyl (C=O) groups is 2. The molecule has 0 unspecified atom stereocenters. The van der Waals surface area contributed by atoms with Crippen LogP contribution in [0.2, 0.25) is 0 Å². The maximum absolute atomic E-state index is 14.2. The van der Waals surface area contributed by atoms with Crippen molar-refractivity contribution < 1.29 is 27.5 Å². The number of aryl methyl sites for hydroxylation is 2. The minimum absolute atomic E-state index is 0.0607. The SMILES string of the molecule is CCCNC(=O)[C@H](CC)N(Cc1ccccc1)C(=O)CN(c1cc(C)cc(C)c1)S(=O)(=O)c1ccc(OC)c(OC)c1. The summed E-state index contributed by atoms with van der Waals surface area (Å²) >= 11 is 0. The van der Waals surface area contributed by atoms with Crippen molar-refractivity contribution in [2.24, 2.45) is 0 Å². The fraction of sp³-hybridized carbons (Fsp3) is 0.375. The molecular formula is C32H41N3O6S. The Hall–Kier alpha value is -4.05. The van der Waals surface area contributed by atoms with Crippen LogP contribution in [0.3, 0.4) is 0 Å². The third kappa shape index (κ3) is 7.82. The molecule has 3 aromatic carbocycles. The molecule has 3 aromatic rings. The van der Waals surface area contributed by atoms with Crippen molar-refractivity contribution in [2.45, 2.75) is 58.0 Å². The third-order valence-electron chi connectivity index (χ3n) is 6.85. The van der Waals surface area contributed by atoms with Crippen LogP contribution >= 0.6 is 0 Å². The molecule has 0 heterocycles. The molecule has 0 spiro atoms. The van der Waals surface area contributed by atoms with Gasteiger partial charge in [0.05, 0.1) is 24.8 Å². The van der Waals surface area contributed by atoms with Crippen LogP contribution in [0, 0.1) is 13.8 Å². The lowest BCUT2D eigenvalue weighted by molar-refractivity contribution is -0.140. The molecule has 0 aromatic heterocycles. The summed E-state index contributed by atoms with van der Waals surface area (Å²) in [6.45, 7) is 7.64. The average molecular weight is 596 g/mol. The monoisotopic (exact) mass is 595 g/mol. The predicted molar refractivity (Wildman–Crippen MR) is 164 cm³/mol. The van der Waals surface area contributed by atoms with Gasteiger partial charge in [-0.3, -0.25) is 13.9 Å². The number of hydrogen-bond acceptors (Lipinski definition) is 6. The van der Waals surface area contributed by atoms with Crippen molar-refractivity contribution in [3.8, 4) is 11.5 Å². The van der Waals surface area contributed by atoms with Crippen molar-refractivity contribution in [1.82, 2.24) is 10.2 Å². The molecule has 3 rings (SSSR count). The minimum Gasteiger partial charge on any atom is -0.493 e. The van der Waals surface area contributed by atoms with E-state index in [1.165, 1.54) is 37.3 Å². The molecule has 0 aliphatic carbocycles. The number of rotatable bonds is 14. The largest absolute Gasteiger partial charge is 0.493 e. The Kier molecular flexibility index (Phi) is 11.4. The number of carbonyl (C=O) groups excluding carboxylic acids is 2. The fourth-order valence-corrected chi connectivity index (χ4v) is 6.21. The first-order chi connectivity index (χ1) is 20.0. The molecule has 1 N–H and O–H groups in total. The zero-order chi connectivity index (χ0) is 30.9. The molecule has 9 nitrogen and oxygen atoms in total. The Balaban J connectivity index is 2.12. The Morgan fingerprint density at radius 2 is 1.52 bits per heavy atom. The first-order valence-electron chi connectivity index (χ1n) is 14.0. The lowest BCUT2D eigenvalue weighted by atomic mass is 10.1. The number of nitrogens with zero attached hydrogens (tertiary/aromatic N) is 2. The summed E-state index contributed by atoms with van der Waals surface area (Å²) in [5.74, 6) is -0.150. The Labute approximate surface area is 249 Å². The lowest BCUT2D eigenvalue weighted by Gasteiger charge is -2.33. The highest BCUT2D eigenvalue weighted by Crippen LogP contribution is 2.33. The Morgan fingerprint density at radius 1 is 0.881 bits per heavy atom. The molecule has 42 heavy (non-hydrogen) atoms. The molecule has 0 radical (unpaired) electrons. The van der Waals surface area contributed by atoms with Crippen LogP contribution in [0.1, 0.15) is 43.4 Å². The number of ether oxygens (including phenoxy) is 2. The summed E-state index contributed by atoms with van der Waals surface area (Å²) in [6.07, 6.45) is 1.11. The maximum Gasteiger partial charge on any atom is 0.264 e. The van der Waals surface area contributed by atoms with Crippen molar-refractivity contribution in [1.29, 1.82) is 0 Å². The van der Waals surface area contributed by atoms with E-state index in [-0.39, 0.29) is 23.1 Å². The number of amides is 2. The van der Waals surface area contributed by atoms with E-state index < -0.39 is 28.5 Å². The van der Waals surface area contributed by atoms with Gasteiger partial charge in [0.25, 0.3) is 10.0 Å². The molecular weight excluding hydrogens is 554 g/mol.